The minimum absolute atomic E-state index is 0.0466. The molecule has 0 unspecified atom stereocenters. The Hall–Kier alpha value is -2.60. The largest absolute Gasteiger partial charge is 0.504 e. The molecule has 0 aliphatic carbocycles. The molecule has 6 heteroatoms. The van der Waals surface area contributed by atoms with Gasteiger partial charge in [-0.25, -0.2) is 0 Å². The molecule has 5 nitrogen and oxygen atoms in total. The molecule has 1 amide bonds. The topological polar surface area (TPSA) is 62.1 Å². The predicted molar refractivity (Wildman–Crippen MR) is 107 cm³/mol. The zero-order chi connectivity index (χ0) is 18.8. The van der Waals surface area contributed by atoms with Gasteiger partial charge in [0.05, 0.1) is 23.6 Å². The van der Waals surface area contributed by atoms with Crippen molar-refractivity contribution >= 4 is 39.3 Å². The normalized spacial score (nSPS) is 15.5. The number of phenols is 1. The zero-order valence-corrected chi connectivity index (χ0v) is 16.4. The molecule has 1 heterocycles. The second-order valence-electron chi connectivity index (χ2n) is 5.97. The summed E-state index contributed by atoms with van der Waals surface area (Å²) in [5.74, 6) is 0.229. The van der Waals surface area contributed by atoms with Crippen molar-refractivity contribution in [1.29, 1.82) is 0 Å². The van der Waals surface area contributed by atoms with Gasteiger partial charge in [-0.15, -0.1) is 0 Å². The molecule has 0 radical (unpaired) electrons. The third kappa shape index (κ3) is 3.51. The van der Waals surface area contributed by atoms with E-state index in [0.29, 0.717) is 28.1 Å². The molecule has 1 aliphatic heterocycles. The number of anilines is 1. The molecule has 0 fully saturated rings. The summed E-state index contributed by atoms with van der Waals surface area (Å²) in [4.78, 5) is 12.8. The van der Waals surface area contributed by atoms with E-state index in [2.05, 4.69) is 21.0 Å². The highest BCUT2D eigenvalue weighted by molar-refractivity contribution is 9.10. The maximum Gasteiger partial charge on any atom is 0.280 e. The third-order valence-corrected chi connectivity index (χ3v) is 4.71. The average molecular weight is 415 g/mol. The molecule has 134 valence electrons. The van der Waals surface area contributed by atoms with Gasteiger partial charge in [0.2, 0.25) is 0 Å². The summed E-state index contributed by atoms with van der Waals surface area (Å²) in [7, 11) is 0. The van der Waals surface area contributed by atoms with Gasteiger partial charge in [0.25, 0.3) is 5.91 Å². The second kappa shape index (κ2) is 7.33. The van der Waals surface area contributed by atoms with Crippen molar-refractivity contribution in [2.75, 3.05) is 11.6 Å². The zero-order valence-electron chi connectivity index (χ0n) is 14.8. The van der Waals surface area contributed by atoms with Crippen molar-refractivity contribution < 1.29 is 14.6 Å². The quantitative estimate of drug-likeness (QED) is 0.739. The number of ether oxygens (including phenoxy) is 1. The molecule has 0 saturated carbocycles. The number of hydrogen-bond donors (Lipinski definition) is 1. The smallest absolute Gasteiger partial charge is 0.280 e. The Morgan fingerprint density at radius 1 is 1.23 bits per heavy atom. The van der Waals surface area contributed by atoms with Crippen molar-refractivity contribution in [2.24, 2.45) is 5.10 Å². The van der Waals surface area contributed by atoms with E-state index in [9.17, 15) is 9.90 Å². The number of hydrogen-bond acceptors (Lipinski definition) is 4. The second-order valence-corrected chi connectivity index (χ2v) is 6.82. The molecule has 0 atom stereocenters. The molecule has 1 N–H and O–H groups in total. The van der Waals surface area contributed by atoms with Crippen LogP contribution in [-0.2, 0) is 4.79 Å². The number of nitrogens with zero attached hydrogens (tertiary/aromatic N) is 2. The fourth-order valence-electron chi connectivity index (χ4n) is 2.64. The molecule has 0 aromatic heterocycles. The van der Waals surface area contributed by atoms with Crippen LogP contribution < -0.4 is 9.75 Å². The van der Waals surface area contributed by atoms with E-state index >= 15 is 0 Å². The highest BCUT2D eigenvalue weighted by Crippen LogP contribution is 2.35. The monoisotopic (exact) mass is 414 g/mol. The first-order chi connectivity index (χ1) is 12.4. The SMILES string of the molecule is CCOc1cc(C=C2C(=O)N(c3ccc(C)cc3)N=C2C)c(Br)cc1O. The number of carbonyl (C=O) groups is 1. The standard InChI is InChI=1S/C20H19BrN2O3/c1-4-26-19-10-14(17(21)11-18(19)24)9-16-13(3)22-23(20(16)25)15-7-5-12(2)6-8-15/h5-11,24H,4H2,1-3H3. The van der Waals surface area contributed by atoms with Gasteiger partial charge < -0.3 is 9.84 Å². The van der Waals surface area contributed by atoms with E-state index in [0.717, 1.165) is 16.8 Å². The van der Waals surface area contributed by atoms with Crippen molar-refractivity contribution in [3.05, 3.63) is 57.6 Å². The van der Waals surface area contributed by atoms with Crippen molar-refractivity contribution in [3.8, 4) is 11.5 Å². The van der Waals surface area contributed by atoms with Crippen LogP contribution in [0.4, 0.5) is 5.69 Å². The first kappa shape index (κ1) is 18.2. The van der Waals surface area contributed by atoms with Crippen LogP contribution in [0, 0.1) is 6.92 Å². The summed E-state index contributed by atoms with van der Waals surface area (Å²) < 4.78 is 6.09. The Labute approximate surface area is 160 Å². The first-order valence-corrected chi connectivity index (χ1v) is 9.03. The van der Waals surface area contributed by atoms with Crippen LogP contribution in [0.1, 0.15) is 25.0 Å². The Balaban J connectivity index is 1.97. The van der Waals surface area contributed by atoms with E-state index in [1.807, 2.05) is 38.1 Å². The Morgan fingerprint density at radius 2 is 1.92 bits per heavy atom. The van der Waals surface area contributed by atoms with E-state index < -0.39 is 0 Å². The summed E-state index contributed by atoms with van der Waals surface area (Å²) in [6.07, 6.45) is 1.75. The molecule has 0 saturated heterocycles. The van der Waals surface area contributed by atoms with E-state index in [4.69, 9.17) is 4.74 Å². The maximum atomic E-state index is 12.8. The van der Waals surface area contributed by atoms with Gasteiger partial charge in [-0.1, -0.05) is 33.6 Å². The fraction of sp³-hybridized carbons (Fsp3) is 0.200. The lowest BCUT2D eigenvalue weighted by atomic mass is 10.1. The molecule has 1 aliphatic rings. The van der Waals surface area contributed by atoms with Crippen molar-refractivity contribution in [3.63, 3.8) is 0 Å². The molecular weight excluding hydrogens is 396 g/mol. The molecular formula is C20H19BrN2O3. The lowest BCUT2D eigenvalue weighted by Gasteiger charge is -2.12. The summed E-state index contributed by atoms with van der Waals surface area (Å²) in [6.45, 7) is 6.08. The lowest BCUT2D eigenvalue weighted by molar-refractivity contribution is -0.114. The van der Waals surface area contributed by atoms with E-state index in [1.54, 1.807) is 25.1 Å². The average Bonchev–Trinajstić information content (AvgIpc) is 2.88. The Kier molecular flexibility index (Phi) is 5.13. The van der Waals surface area contributed by atoms with E-state index in [1.165, 1.54) is 5.01 Å². The van der Waals surface area contributed by atoms with Crippen LogP contribution in [0.15, 0.2) is 51.5 Å². The van der Waals surface area contributed by atoms with Gasteiger partial charge in [0.15, 0.2) is 11.5 Å². The third-order valence-electron chi connectivity index (χ3n) is 4.02. The number of amides is 1. The highest BCUT2D eigenvalue weighted by Gasteiger charge is 2.29. The van der Waals surface area contributed by atoms with Crippen LogP contribution in [-0.4, -0.2) is 23.3 Å². The van der Waals surface area contributed by atoms with Crippen molar-refractivity contribution in [1.82, 2.24) is 0 Å². The molecule has 0 bridgehead atoms. The Bertz CT molecular complexity index is 917. The summed E-state index contributed by atoms with van der Waals surface area (Å²) >= 11 is 3.42. The van der Waals surface area contributed by atoms with Gasteiger partial charge in [-0.3, -0.25) is 4.79 Å². The first-order valence-electron chi connectivity index (χ1n) is 8.24. The van der Waals surface area contributed by atoms with Gasteiger partial charge >= 0.3 is 0 Å². The number of benzene rings is 2. The molecule has 2 aromatic rings. The number of carbonyl (C=O) groups excluding carboxylic acids is 1. The predicted octanol–water partition coefficient (Wildman–Crippen LogP) is 4.67. The highest BCUT2D eigenvalue weighted by atomic mass is 79.9. The van der Waals surface area contributed by atoms with Crippen LogP contribution in [0.5, 0.6) is 11.5 Å². The summed E-state index contributed by atoms with van der Waals surface area (Å²) in [5.41, 5.74) is 3.71. The molecule has 26 heavy (non-hydrogen) atoms. The van der Waals surface area contributed by atoms with Crippen LogP contribution in [0.25, 0.3) is 6.08 Å². The van der Waals surface area contributed by atoms with Crippen LogP contribution in [0.3, 0.4) is 0 Å². The molecule has 3 rings (SSSR count). The summed E-state index contributed by atoms with van der Waals surface area (Å²) in [6, 6.07) is 10.9. The number of aromatic hydroxyl groups is 1. The minimum atomic E-state index is -0.190. The summed E-state index contributed by atoms with van der Waals surface area (Å²) in [5, 5.41) is 15.7. The van der Waals surface area contributed by atoms with Gasteiger partial charge in [0, 0.05) is 4.47 Å². The minimum Gasteiger partial charge on any atom is -0.504 e. The molecule has 2 aromatic carbocycles. The van der Waals surface area contributed by atoms with Crippen LogP contribution in [0.2, 0.25) is 0 Å². The Morgan fingerprint density at radius 3 is 2.58 bits per heavy atom. The number of rotatable bonds is 4. The van der Waals surface area contributed by atoms with Crippen LogP contribution >= 0.6 is 15.9 Å². The number of halogens is 1. The van der Waals surface area contributed by atoms with Gasteiger partial charge in [-0.05, 0) is 56.7 Å². The number of hydrazone groups is 1. The number of aryl methyl sites for hydroxylation is 1. The molecule has 0 spiro atoms. The number of phenolic OH excluding ortho intramolecular Hbond substituents is 1. The van der Waals surface area contributed by atoms with Gasteiger partial charge in [0.1, 0.15) is 0 Å². The van der Waals surface area contributed by atoms with Crippen molar-refractivity contribution in [2.45, 2.75) is 20.8 Å². The van der Waals surface area contributed by atoms with E-state index in [-0.39, 0.29) is 11.7 Å². The maximum absolute atomic E-state index is 12.8. The van der Waals surface area contributed by atoms with Gasteiger partial charge in [-0.2, -0.15) is 10.1 Å². The fourth-order valence-corrected chi connectivity index (χ4v) is 3.09. The lowest BCUT2D eigenvalue weighted by Crippen LogP contribution is -2.21.